The monoisotopic (exact) mass is 268 g/mol. The third kappa shape index (κ3) is 4.36. The van der Waals surface area contributed by atoms with Gasteiger partial charge in [0, 0.05) is 12.7 Å². The minimum Gasteiger partial charge on any atom is -0.480 e. The van der Waals surface area contributed by atoms with Crippen LogP contribution in [-0.2, 0) is 4.79 Å². The Balaban J connectivity index is 2.58. The molecule has 0 saturated heterocycles. The van der Waals surface area contributed by atoms with E-state index in [0.717, 1.165) is 13.0 Å². The van der Waals surface area contributed by atoms with Crippen LogP contribution in [0.4, 0.5) is 0 Å². The van der Waals surface area contributed by atoms with E-state index >= 15 is 0 Å². The molecule has 0 aliphatic heterocycles. The van der Waals surface area contributed by atoms with Gasteiger partial charge in [0.05, 0.1) is 0 Å². The number of aromatic nitrogens is 2. The molecule has 0 radical (unpaired) electrons. The zero-order chi connectivity index (χ0) is 14.4. The zero-order valence-corrected chi connectivity index (χ0v) is 11.5. The maximum Gasteiger partial charge on any atom is 0.328 e. The number of aliphatic carboxylic acids is 1. The first-order valence-corrected chi connectivity index (χ1v) is 6.12. The molecule has 0 aromatic carbocycles. The Morgan fingerprint density at radius 1 is 1.53 bits per heavy atom. The molecule has 0 spiro atoms. The quantitative estimate of drug-likeness (QED) is 0.690. The van der Waals surface area contributed by atoms with E-state index in [4.69, 9.17) is 5.11 Å². The summed E-state index contributed by atoms with van der Waals surface area (Å²) in [6.07, 6.45) is 2.26. The van der Waals surface area contributed by atoms with Gasteiger partial charge in [0.25, 0.3) is 5.91 Å². The van der Waals surface area contributed by atoms with E-state index in [0.29, 0.717) is 6.54 Å². The van der Waals surface area contributed by atoms with Crippen LogP contribution >= 0.6 is 0 Å². The normalized spacial score (nSPS) is 12.4. The number of carboxylic acids is 1. The summed E-state index contributed by atoms with van der Waals surface area (Å²) in [5, 5.41) is 15.6. The van der Waals surface area contributed by atoms with Crippen LogP contribution in [0.25, 0.3) is 0 Å². The molecule has 7 nitrogen and oxygen atoms in total. The molecule has 1 aromatic rings. The van der Waals surface area contributed by atoms with Crippen LogP contribution in [0.1, 0.15) is 29.9 Å². The number of carbonyl (C=O) groups is 2. The topological polar surface area (TPSA) is 87.5 Å². The Labute approximate surface area is 112 Å². The van der Waals surface area contributed by atoms with Crippen molar-refractivity contribution in [3.63, 3.8) is 0 Å². The molecule has 0 fully saturated rings. The van der Waals surface area contributed by atoms with Gasteiger partial charge in [-0.2, -0.15) is 5.10 Å². The molecule has 19 heavy (non-hydrogen) atoms. The number of amides is 1. The maximum absolute atomic E-state index is 11.9. The van der Waals surface area contributed by atoms with Gasteiger partial charge in [-0.3, -0.25) is 4.79 Å². The Kier molecular flexibility index (Phi) is 5.50. The number of carboxylic acid groups (broad SMARTS) is 1. The van der Waals surface area contributed by atoms with E-state index < -0.39 is 12.0 Å². The molecular weight excluding hydrogens is 248 g/mol. The van der Waals surface area contributed by atoms with Crippen LogP contribution in [0.2, 0.25) is 0 Å². The van der Waals surface area contributed by atoms with Crippen molar-refractivity contribution in [2.45, 2.75) is 19.4 Å². The van der Waals surface area contributed by atoms with Crippen LogP contribution in [0.5, 0.6) is 0 Å². The van der Waals surface area contributed by atoms with E-state index in [2.05, 4.69) is 10.4 Å². The predicted molar refractivity (Wildman–Crippen MR) is 70.1 cm³/mol. The van der Waals surface area contributed by atoms with Crippen molar-refractivity contribution in [3.05, 3.63) is 18.0 Å². The first-order chi connectivity index (χ1) is 8.93. The minimum atomic E-state index is -1.02. The fourth-order valence-corrected chi connectivity index (χ4v) is 1.60. The van der Waals surface area contributed by atoms with Gasteiger partial charge in [-0.25, -0.2) is 9.48 Å². The second-order valence-electron chi connectivity index (χ2n) is 4.59. The van der Waals surface area contributed by atoms with Crippen molar-refractivity contribution in [3.8, 4) is 0 Å². The average molecular weight is 268 g/mol. The molecule has 1 aromatic heterocycles. The molecule has 106 valence electrons. The van der Waals surface area contributed by atoms with Crippen molar-refractivity contribution in [2.75, 3.05) is 27.2 Å². The summed E-state index contributed by atoms with van der Waals surface area (Å²) in [5.74, 6) is -1.32. The summed E-state index contributed by atoms with van der Waals surface area (Å²) < 4.78 is 1.21. The van der Waals surface area contributed by atoms with Crippen LogP contribution < -0.4 is 5.32 Å². The van der Waals surface area contributed by atoms with E-state index in [-0.39, 0.29) is 11.6 Å². The second kappa shape index (κ2) is 6.89. The van der Waals surface area contributed by atoms with Crippen LogP contribution in [0.15, 0.2) is 12.3 Å². The number of rotatable bonds is 7. The molecule has 0 aliphatic carbocycles. The van der Waals surface area contributed by atoms with Crippen molar-refractivity contribution < 1.29 is 14.7 Å². The molecule has 7 heteroatoms. The first-order valence-electron chi connectivity index (χ1n) is 6.12. The Bertz CT molecular complexity index is 442. The summed E-state index contributed by atoms with van der Waals surface area (Å²) in [6.45, 7) is 2.91. The lowest BCUT2D eigenvalue weighted by Gasteiger charge is -2.12. The molecule has 1 atom stereocenters. The highest BCUT2D eigenvalue weighted by atomic mass is 16.4. The van der Waals surface area contributed by atoms with E-state index in [1.807, 2.05) is 19.0 Å². The summed E-state index contributed by atoms with van der Waals surface area (Å²) >= 11 is 0. The number of hydrogen-bond acceptors (Lipinski definition) is 4. The number of nitrogens with one attached hydrogen (secondary N) is 1. The van der Waals surface area contributed by atoms with Crippen molar-refractivity contribution >= 4 is 11.9 Å². The molecular formula is C12H20N4O3. The highest BCUT2D eigenvalue weighted by molar-refractivity contribution is 5.93. The Hall–Kier alpha value is -1.89. The van der Waals surface area contributed by atoms with Gasteiger partial charge < -0.3 is 15.3 Å². The van der Waals surface area contributed by atoms with Crippen molar-refractivity contribution in [2.24, 2.45) is 0 Å². The third-order valence-corrected chi connectivity index (χ3v) is 2.69. The van der Waals surface area contributed by atoms with Crippen molar-refractivity contribution in [1.29, 1.82) is 0 Å². The standard InChI is InChI=1S/C12H20N4O3/c1-9(12(18)19)16-10(5-7-14-16)11(17)13-6-4-8-15(2)3/h5,7,9H,4,6,8H2,1-3H3,(H,13,17)(H,18,19). The molecule has 1 rings (SSSR count). The molecule has 0 saturated carbocycles. The Morgan fingerprint density at radius 2 is 2.21 bits per heavy atom. The van der Waals surface area contributed by atoms with E-state index in [9.17, 15) is 9.59 Å². The summed E-state index contributed by atoms with van der Waals surface area (Å²) in [4.78, 5) is 24.9. The first kappa shape index (κ1) is 15.2. The second-order valence-corrected chi connectivity index (χ2v) is 4.59. The SMILES string of the molecule is CC(C(=O)O)n1nccc1C(=O)NCCCN(C)C. The van der Waals surface area contributed by atoms with Crippen LogP contribution in [0, 0.1) is 0 Å². The molecule has 1 unspecified atom stereocenters. The molecule has 0 aliphatic rings. The largest absolute Gasteiger partial charge is 0.480 e. The Morgan fingerprint density at radius 3 is 2.79 bits per heavy atom. The average Bonchev–Trinajstić information content (AvgIpc) is 2.82. The van der Waals surface area contributed by atoms with Gasteiger partial charge in [-0.05, 0) is 40.1 Å². The van der Waals surface area contributed by atoms with Crippen LogP contribution in [-0.4, -0.2) is 58.8 Å². The minimum absolute atomic E-state index is 0.264. The van der Waals surface area contributed by atoms with Gasteiger partial charge in [-0.15, -0.1) is 0 Å². The number of nitrogens with zero attached hydrogens (tertiary/aromatic N) is 3. The lowest BCUT2D eigenvalue weighted by atomic mass is 10.3. The fraction of sp³-hybridized carbons (Fsp3) is 0.583. The molecule has 2 N–H and O–H groups in total. The summed E-state index contributed by atoms with van der Waals surface area (Å²) in [6, 6.07) is 0.651. The predicted octanol–water partition coefficient (Wildman–Crippen LogP) is 0.210. The summed E-state index contributed by atoms with van der Waals surface area (Å²) in [7, 11) is 3.93. The van der Waals surface area contributed by atoms with Gasteiger partial charge >= 0.3 is 5.97 Å². The number of carbonyl (C=O) groups excluding carboxylic acids is 1. The summed E-state index contributed by atoms with van der Waals surface area (Å²) in [5.41, 5.74) is 0.264. The third-order valence-electron chi connectivity index (χ3n) is 2.69. The van der Waals surface area contributed by atoms with Crippen molar-refractivity contribution in [1.82, 2.24) is 20.0 Å². The lowest BCUT2D eigenvalue weighted by Crippen LogP contribution is -2.30. The highest BCUT2D eigenvalue weighted by Gasteiger charge is 2.20. The molecule has 1 amide bonds. The van der Waals surface area contributed by atoms with Crippen LogP contribution in [0.3, 0.4) is 0 Å². The lowest BCUT2D eigenvalue weighted by molar-refractivity contribution is -0.140. The molecule has 0 bridgehead atoms. The molecule has 1 heterocycles. The smallest absolute Gasteiger partial charge is 0.328 e. The highest BCUT2D eigenvalue weighted by Crippen LogP contribution is 2.09. The van der Waals surface area contributed by atoms with Gasteiger partial charge in [0.15, 0.2) is 0 Å². The fourth-order valence-electron chi connectivity index (χ4n) is 1.60. The van der Waals surface area contributed by atoms with Gasteiger partial charge in [0.2, 0.25) is 0 Å². The van der Waals surface area contributed by atoms with E-state index in [1.54, 1.807) is 0 Å². The van der Waals surface area contributed by atoms with Gasteiger partial charge in [-0.1, -0.05) is 0 Å². The maximum atomic E-state index is 11.9. The van der Waals surface area contributed by atoms with Gasteiger partial charge in [0.1, 0.15) is 11.7 Å². The van der Waals surface area contributed by atoms with E-state index in [1.165, 1.54) is 23.9 Å². The number of hydrogen-bond donors (Lipinski definition) is 2. The zero-order valence-electron chi connectivity index (χ0n) is 11.5.